The van der Waals surface area contributed by atoms with Crippen LogP contribution in [0, 0.1) is 13.8 Å². The Hall–Kier alpha value is -3.15. The van der Waals surface area contributed by atoms with E-state index in [-0.39, 0.29) is 30.8 Å². The van der Waals surface area contributed by atoms with Crippen molar-refractivity contribution >= 4 is 17.7 Å². The van der Waals surface area contributed by atoms with Gasteiger partial charge in [0.2, 0.25) is 5.91 Å². The highest BCUT2D eigenvalue weighted by Crippen LogP contribution is 2.09. The van der Waals surface area contributed by atoms with Gasteiger partial charge in [-0.05, 0) is 43.7 Å². The van der Waals surface area contributed by atoms with E-state index in [0.29, 0.717) is 11.1 Å². The number of nitrogens with zero attached hydrogens (tertiary/aromatic N) is 1. The van der Waals surface area contributed by atoms with E-state index in [9.17, 15) is 14.4 Å². The van der Waals surface area contributed by atoms with Gasteiger partial charge in [0.05, 0.1) is 6.54 Å². The average Bonchev–Trinajstić information content (AvgIpc) is 2.63. The first-order chi connectivity index (χ1) is 12.8. The Morgan fingerprint density at radius 2 is 1.56 bits per heavy atom. The average molecular weight is 367 g/mol. The summed E-state index contributed by atoms with van der Waals surface area (Å²) in [7, 11) is 3.38. The summed E-state index contributed by atoms with van der Waals surface area (Å²) < 4.78 is 0. The molecule has 2 rings (SSSR count). The summed E-state index contributed by atoms with van der Waals surface area (Å²) in [5.41, 5.74) is 3.91. The van der Waals surface area contributed by atoms with Crippen molar-refractivity contribution in [2.45, 2.75) is 20.4 Å². The molecule has 142 valence electrons. The lowest BCUT2D eigenvalue weighted by Crippen LogP contribution is -2.36. The van der Waals surface area contributed by atoms with Gasteiger partial charge in [-0.2, -0.15) is 0 Å². The molecular formula is C21H25N3O3. The fraction of sp³-hybridized carbons (Fsp3) is 0.286. The summed E-state index contributed by atoms with van der Waals surface area (Å²) in [6.45, 7) is 4.02. The van der Waals surface area contributed by atoms with Crippen molar-refractivity contribution in [3.05, 3.63) is 70.3 Å². The number of carbonyl (C=O) groups excluding carboxylic acids is 3. The van der Waals surface area contributed by atoms with Gasteiger partial charge in [0, 0.05) is 31.8 Å². The molecule has 0 heterocycles. The van der Waals surface area contributed by atoms with Crippen LogP contribution in [0.3, 0.4) is 0 Å². The number of amides is 3. The summed E-state index contributed by atoms with van der Waals surface area (Å²) in [6, 6.07) is 12.6. The van der Waals surface area contributed by atoms with Crippen LogP contribution in [0.25, 0.3) is 0 Å². The largest absolute Gasteiger partial charge is 0.350 e. The number of carbonyl (C=O) groups is 3. The predicted molar refractivity (Wildman–Crippen MR) is 105 cm³/mol. The fourth-order valence-electron chi connectivity index (χ4n) is 2.70. The normalized spacial score (nSPS) is 10.2. The van der Waals surface area contributed by atoms with Crippen molar-refractivity contribution in [1.29, 1.82) is 0 Å². The van der Waals surface area contributed by atoms with Crippen molar-refractivity contribution in [3.63, 3.8) is 0 Å². The Morgan fingerprint density at radius 1 is 0.889 bits per heavy atom. The third-order valence-electron chi connectivity index (χ3n) is 3.96. The molecule has 0 fully saturated rings. The van der Waals surface area contributed by atoms with Crippen LogP contribution in [0.15, 0.2) is 42.5 Å². The summed E-state index contributed by atoms with van der Waals surface area (Å²) in [4.78, 5) is 37.7. The molecule has 0 radical (unpaired) electrons. The highest BCUT2D eigenvalue weighted by molar-refractivity contribution is 5.97. The second kappa shape index (κ2) is 8.98. The van der Waals surface area contributed by atoms with Gasteiger partial charge in [0.1, 0.15) is 0 Å². The lowest BCUT2D eigenvalue weighted by molar-refractivity contribution is -0.120. The molecule has 0 aliphatic heterocycles. The van der Waals surface area contributed by atoms with Crippen LogP contribution in [0.5, 0.6) is 0 Å². The van der Waals surface area contributed by atoms with Gasteiger partial charge in [0.25, 0.3) is 11.8 Å². The molecule has 0 saturated heterocycles. The van der Waals surface area contributed by atoms with Crippen LogP contribution in [0.4, 0.5) is 0 Å². The molecule has 3 amide bonds. The Kier molecular flexibility index (Phi) is 6.71. The van der Waals surface area contributed by atoms with E-state index < -0.39 is 0 Å². The van der Waals surface area contributed by atoms with E-state index in [1.807, 2.05) is 26.0 Å². The van der Waals surface area contributed by atoms with Crippen molar-refractivity contribution in [2.75, 3.05) is 20.6 Å². The highest BCUT2D eigenvalue weighted by Gasteiger charge is 2.10. The van der Waals surface area contributed by atoms with E-state index in [1.54, 1.807) is 44.4 Å². The van der Waals surface area contributed by atoms with Gasteiger partial charge >= 0.3 is 0 Å². The smallest absolute Gasteiger partial charge is 0.253 e. The molecule has 0 saturated carbocycles. The zero-order chi connectivity index (χ0) is 20.0. The maximum absolute atomic E-state index is 12.2. The molecule has 27 heavy (non-hydrogen) atoms. The zero-order valence-electron chi connectivity index (χ0n) is 16.1. The lowest BCUT2D eigenvalue weighted by atomic mass is 10.1. The monoisotopic (exact) mass is 367 g/mol. The number of aryl methyl sites for hydroxylation is 2. The number of benzene rings is 2. The van der Waals surface area contributed by atoms with E-state index in [1.165, 1.54) is 4.90 Å². The van der Waals surface area contributed by atoms with Gasteiger partial charge in [-0.25, -0.2) is 0 Å². The standard InChI is InChI=1S/C21H25N3O3/c1-14-8-15(2)10-18(9-14)20(26)23-13-19(25)22-12-16-6-5-7-17(11-16)21(27)24(3)4/h5-11H,12-13H2,1-4H3,(H,22,25)(H,23,26). The molecule has 0 unspecified atom stereocenters. The topological polar surface area (TPSA) is 78.5 Å². The molecule has 0 aliphatic rings. The first-order valence-electron chi connectivity index (χ1n) is 8.70. The molecule has 2 aromatic carbocycles. The minimum Gasteiger partial charge on any atom is -0.350 e. The Labute approximate surface area is 159 Å². The van der Waals surface area contributed by atoms with E-state index in [2.05, 4.69) is 10.6 Å². The summed E-state index contributed by atoms with van der Waals surface area (Å²) >= 11 is 0. The van der Waals surface area contributed by atoms with Crippen molar-refractivity contribution in [2.24, 2.45) is 0 Å². The summed E-state index contributed by atoms with van der Waals surface area (Å²) in [5.74, 6) is -0.670. The quantitative estimate of drug-likeness (QED) is 0.820. The molecular weight excluding hydrogens is 342 g/mol. The van der Waals surface area contributed by atoms with Crippen molar-refractivity contribution in [1.82, 2.24) is 15.5 Å². The minimum atomic E-state index is -0.294. The van der Waals surface area contributed by atoms with Crippen LogP contribution in [-0.4, -0.2) is 43.3 Å². The summed E-state index contributed by atoms with van der Waals surface area (Å²) in [6.07, 6.45) is 0. The summed E-state index contributed by atoms with van der Waals surface area (Å²) in [5, 5.41) is 5.37. The second-order valence-corrected chi connectivity index (χ2v) is 6.74. The zero-order valence-corrected chi connectivity index (χ0v) is 16.1. The molecule has 6 nitrogen and oxygen atoms in total. The molecule has 0 aliphatic carbocycles. The molecule has 0 bridgehead atoms. The Balaban J connectivity index is 1.87. The molecule has 0 spiro atoms. The highest BCUT2D eigenvalue weighted by atomic mass is 16.2. The molecule has 2 aromatic rings. The number of hydrogen-bond acceptors (Lipinski definition) is 3. The number of nitrogens with one attached hydrogen (secondary N) is 2. The molecule has 2 N–H and O–H groups in total. The third kappa shape index (κ3) is 5.95. The molecule has 0 atom stereocenters. The van der Waals surface area contributed by atoms with Crippen LogP contribution in [-0.2, 0) is 11.3 Å². The minimum absolute atomic E-state index is 0.0936. The van der Waals surface area contributed by atoms with Crippen LogP contribution >= 0.6 is 0 Å². The van der Waals surface area contributed by atoms with E-state index in [4.69, 9.17) is 0 Å². The molecule has 6 heteroatoms. The molecule has 0 aromatic heterocycles. The SMILES string of the molecule is Cc1cc(C)cc(C(=O)NCC(=O)NCc2cccc(C(=O)N(C)C)c2)c1. The van der Waals surface area contributed by atoms with Crippen molar-refractivity contribution < 1.29 is 14.4 Å². The third-order valence-corrected chi connectivity index (χ3v) is 3.96. The van der Waals surface area contributed by atoms with Gasteiger partial charge in [-0.1, -0.05) is 29.3 Å². The van der Waals surface area contributed by atoms with Gasteiger partial charge < -0.3 is 15.5 Å². The predicted octanol–water partition coefficient (Wildman–Crippen LogP) is 2.05. The Morgan fingerprint density at radius 3 is 2.19 bits per heavy atom. The van der Waals surface area contributed by atoms with E-state index in [0.717, 1.165) is 16.7 Å². The fourth-order valence-corrected chi connectivity index (χ4v) is 2.70. The van der Waals surface area contributed by atoms with Crippen LogP contribution in [0.2, 0.25) is 0 Å². The second-order valence-electron chi connectivity index (χ2n) is 6.74. The van der Waals surface area contributed by atoms with Crippen LogP contribution in [0.1, 0.15) is 37.4 Å². The maximum atomic E-state index is 12.2. The number of rotatable bonds is 6. The van der Waals surface area contributed by atoms with Crippen molar-refractivity contribution in [3.8, 4) is 0 Å². The first-order valence-corrected chi connectivity index (χ1v) is 8.70. The number of hydrogen-bond donors (Lipinski definition) is 2. The lowest BCUT2D eigenvalue weighted by Gasteiger charge is -2.12. The first kappa shape index (κ1) is 20.2. The van der Waals surface area contributed by atoms with E-state index >= 15 is 0 Å². The van der Waals surface area contributed by atoms with Gasteiger partial charge in [0.15, 0.2) is 0 Å². The maximum Gasteiger partial charge on any atom is 0.253 e. The van der Waals surface area contributed by atoms with Gasteiger partial charge in [-0.15, -0.1) is 0 Å². The van der Waals surface area contributed by atoms with Crippen LogP contribution < -0.4 is 10.6 Å². The Bertz CT molecular complexity index is 839. The van der Waals surface area contributed by atoms with Gasteiger partial charge in [-0.3, -0.25) is 14.4 Å².